The zero-order valence-electron chi connectivity index (χ0n) is 13.6. The fraction of sp³-hybridized carbons (Fsp3) is 0.333. The number of hydrogen-bond donors (Lipinski definition) is 2. The summed E-state index contributed by atoms with van der Waals surface area (Å²) in [7, 11) is 0. The molecular formula is C18H23N3O2. The summed E-state index contributed by atoms with van der Waals surface area (Å²) in [6, 6.07) is 11.2. The number of aromatic nitrogens is 1. The maximum atomic E-state index is 12.2. The van der Waals surface area contributed by atoms with E-state index in [0.29, 0.717) is 12.1 Å². The van der Waals surface area contributed by atoms with Crippen molar-refractivity contribution in [2.24, 2.45) is 0 Å². The Morgan fingerprint density at radius 3 is 2.39 bits per heavy atom. The van der Waals surface area contributed by atoms with Crippen LogP contribution in [0, 0.1) is 0 Å². The Bertz CT molecular complexity index is 637. The van der Waals surface area contributed by atoms with Gasteiger partial charge in [-0.2, -0.15) is 0 Å². The Morgan fingerprint density at radius 1 is 1.13 bits per heavy atom. The molecule has 1 aromatic heterocycles. The van der Waals surface area contributed by atoms with Crippen LogP contribution in [0.1, 0.15) is 35.3 Å². The Balaban J connectivity index is 2.01. The smallest absolute Gasteiger partial charge is 0.253 e. The first kappa shape index (κ1) is 17.0. The molecule has 2 aromatic rings. The van der Waals surface area contributed by atoms with Gasteiger partial charge >= 0.3 is 0 Å². The standard InChI is InChI=1S/C18H23N3O2/c1-3-21(4-2)17-10-9-15(12-19-17)18(23)20-11-14-7-5-6-8-16(14)13-22/h5-10,12,22H,3-4,11,13H2,1-2H3,(H,20,23). The summed E-state index contributed by atoms with van der Waals surface area (Å²) in [5.41, 5.74) is 2.27. The molecule has 0 atom stereocenters. The Labute approximate surface area is 137 Å². The van der Waals surface area contributed by atoms with Crippen molar-refractivity contribution in [3.63, 3.8) is 0 Å². The van der Waals surface area contributed by atoms with Crippen molar-refractivity contribution >= 4 is 11.7 Å². The fourth-order valence-electron chi connectivity index (χ4n) is 2.42. The summed E-state index contributed by atoms with van der Waals surface area (Å²) < 4.78 is 0. The van der Waals surface area contributed by atoms with E-state index in [2.05, 4.69) is 29.0 Å². The number of aliphatic hydroxyl groups is 1. The number of carbonyl (C=O) groups excluding carboxylic acids is 1. The van der Waals surface area contributed by atoms with Crippen LogP contribution in [0.5, 0.6) is 0 Å². The number of hydrogen-bond acceptors (Lipinski definition) is 4. The Hall–Kier alpha value is -2.40. The lowest BCUT2D eigenvalue weighted by Gasteiger charge is -2.19. The van der Waals surface area contributed by atoms with Gasteiger partial charge in [-0.3, -0.25) is 4.79 Å². The molecule has 0 saturated carbocycles. The highest BCUT2D eigenvalue weighted by atomic mass is 16.3. The summed E-state index contributed by atoms with van der Waals surface area (Å²) in [5.74, 6) is 0.702. The average molecular weight is 313 g/mol. The molecule has 0 fully saturated rings. The summed E-state index contributed by atoms with van der Waals surface area (Å²) in [6.07, 6.45) is 1.60. The molecule has 2 N–H and O–H groups in total. The predicted octanol–water partition coefficient (Wildman–Crippen LogP) is 2.35. The van der Waals surface area contributed by atoms with Gasteiger partial charge in [-0.25, -0.2) is 4.98 Å². The average Bonchev–Trinajstić information content (AvgIpc) is 2.61. The second-order valence-electron chi connectivity index (χ2n) is 5.19. The normalized spacial score (nSPS) is 10.4. The molecule has 0 aliphatic rings. The molecule has 0 spiro atoms. The number of rotatable bonds is 7. The Morgan fingerprint density at radius 2 is 1.83 bits per heavy atom. The van der Waals surface area contributed by atoms with Crippen molar-refractivity contribution in [1.29, 1.82) is 0 Å². The highest BCUT2D eigenvalue weighted by Gasteiger charge is 2.09. The topological polar surface area (TPSA) is 65.5 Å². The van der Waals surface area contributed by atoms with Crippen LogP contribution in [-0.4, -0.2) is 29.1 Å². The minimum Gasteiger partial charge on any atom is -0.392 e. The molecule has 0 radical (unpaired) electrons. The largest absolute Gasteiger partial charge is 0.392 e. The zero-order valence-corrected chi connectivity index (χ0v) is 13.6. The van der Waals surface area contributed by atoms with Crippen LogP contribution in [0.25, 0.3) is 0 Å². The summed E-state index contributed by atoms with van der Waals surface area (Å²) in [4.78, 5) is 18.7. The van der Waals surface area contributed by atoms with E-state index in [-0.39, 0.29) is 12.5 Å². The van der Waals surface area contributed by atoms with Crippen molar-refractivity contribution in [3.05, 3.63) is 59.3 Å². The van der Waals surface area contributed by atoms with Gasteiger partial charge in [-0.1, -0.05) is 24.3 Å². The van der Waals surface area contributed by atoms with Crippen molar-refractivity contribution < 1.29 is 9.90 Å². The van der Waals surface area contributed by atoms with E-state index in [1.807, 2.05) is 30.3 Å². The maximum Gasteiger partial charge on any atom is 0.253 e. The molecule has 1 aromatic carbocycles. The van der Waals surface area contributed by atoms with Crippen LogP contribution in [0.4, 0.5) is 5.82 Å². The molecule has 0 aliphatic heterocycles. The highest BCUT2D eigenvalue weighted by Crippen LogP contribution is 2.12. The minimum absolute atomic E-state index is 0.0355. The lowest BCUT2D eigenvalue weighted by atomic mass is 10.1. The third-order valence-electron chi connectivity index (χ3n) is 3.83. The third kappa shape index (κ3) is 4.29. The number of amides is 1. The van der Waals surface area contributed by atoms with Crippen molar-refractivity contribution in [3.8, 4) is 0 Å². The quantitative estimate of drug-likeness (QED) is 0.823. The van der Waals surface area contributed by atoms with E-state index in [1.54, 1.807) is 12.3 Å². The molecule has 2 rings (SSSR count). The number of anilines is 1. The second-order valence-corrected chi connectivity index (χ2v) is 5.19. The summed E-state index contributed by atoms with van der Waals surface area (Å²) in [5, 5.41) is 12.2. The van der Waals surface area contributed by atoms with E-state index >= 15 is 0 Å². The lowest BCUT2D eigenvalue weighted by Crippen LogP contribution is -2.25. The van der Waals surface area contributed by atoms with Gasteiger partial charge in [0.25, 0.3) is 5.91 Å². The first-order valence-electron chi connectivity index (χ1n) is 7.86. The summed E-state index contributed by atoms with van der Waals surface area (Å²) in [6.45, 7) is 6.26. The molecule has 0 unspecified atom stereocenters. The molecule has 0 bridgehead atoms. The second kappa shape index (κ2) is 8.29. The summed E-state index contributed by atoms with van der Waals surface area (Å²) >= 11 is 0. The van der Waals surface area contributed by atoms with Crippen molar-refractivity contribution in [2.75, 3.05) is 18.0 Å². The number of pyridine rings is 1. The van der Waals surface area contributed by atoms with Gasteiger partial charge in [0, 0.05) is 25.8 Å². The minimum atomic E-state index is -0.170. The highest BCUT2D eigenvalue weighted by molar-refractivity contribution is 5.94. The van der Waals surface area contributed by atoms with Crippen molar-refractivity contribution in [2.45, 2.75) is 27.0 Å². The number of carbonyl (C=O) groups is 1. The molecule has 5 heteroatoms. The lowest BCUT2D eigenvalue weighted by molar-refractivity contribution is 0.0950. The number of benzene rings is 1. The molecule has 0 aliphatic carbocycles. The number of aliphatic hydroxyl groups excluding tert-OH is 1. The monoisotopic (exact) mass is 313 g/mol. The van der Waals surface area contributed by atoms with Gasteiger partial charge in [-0.05, 0) is 37.1 Å². The van der Waals surface area contributed by atoms with Crippen LogP contribution >= 0.6 is 0 Å². The third-order valence-corrected chi connectivity index (χ3v) is 3.83. The predicted molar refractivity (Wildman–Crippen MR) is 91.3 cm³/mol. The number of nitrogens with one attached hydrogen (secondary N) is 1. The van der Waals surface area contributed by atoms with Gasteiger partial charge in [0.1, 0.15) is 5.82 Å². The van der Waals surface area contributed by atoms with Crippen LogP contribution < -0.4 is 10.2 Å². The van der Waals surface area contributed by atoms with E-state index < -0.39 is 0 Å². The van der Waals surface area contributed by atoms with E-state index in [0.717, 1.165) is 30.0 Å². The molecule has 5 nitrogen and oxygen atoms in total. The van der Waals surface area contributed by atoms with Crippen LogP contribution in [0.3, 0.4) is 0 Å². The van der Waals surface area contributed by atoms with Gasteiger partial charge in [-0.15, -0.1) is 0 Å². The van der Waals surface area contributed by atoms with Gasteiger partial charge < -0.3 is 15.3 Å². The fourth-order valence-corrected chi connectivity index (χ4v) is 2.42. The van der Waals surface area contributed by atoms with Gasteiger partial charge in [0.15, 0.2) is 0 Å². The van der Waals surface area contributed by atoms with Crippen LogP contribution in [0.15, 0.2) is 42.6 Å². The molecule has 1 amide bonds. The molecular weight excluding hydrogens is 290 g/mol. The van der Waals surface area contributed by atoms with E-state index in [9.17, 15) is 9.90 Å². The van der Waals surface area contributed by atoms with Gasteiger partial charge in [0.2, 0.25) is 0 Å². The molecule has 1 heterocycles. The molecule has 23 heavy (non-hydrogen) atoms. The SMILES string of the molecule is CCN(CC)c1ccc(C(=O)NCc2ccccc2CO)cn1. The molecule has 122 valence electrons. The van der Waals surface area contributed by atoms with E-state index in [1.165, 1.54) is 0 Å². The zero-order chi connectivity index (χ0) is 16.7. The number of nitrogens with zero attached hydrogens (tertiary/aromatic N) is 2. The van der Waals surface area contributed by atoms with Crippen LogP contribution in [0.2, 0.25) is 0 Å². The van der Waals surface area contributed by atoms with Crippen LogP contribution in [-0.2, 0) is 13.2 Å². The first-order chi connectivity index (χ1) is 11.2. The van der Waals surface area contributed by atoms with Gasteiger partial charge in [0.05, 0.1) is 12.2 Å². The molecule has 0 saturated heterocycles. The van der Waals surface area contributed by atoms with Crippen molar-refractivity contribution in [1.82, 2.24) is 10.3 Å². The maximum absolute atomic E-state index is 12.2. The Kier molecular flexibility index (Phi) is 6.11. The first-order valence-corrected chi connectivity index (χ1v) is 7.86. The van der Waals surface area contributed by atoms with E-state index in [4.69, 9.17) is 0 Å².